The van der Waals surface area contributed by atoms with Crippen LogP contribution in [0.5, 0.6) is 0 Å². The second-order valence-corrected chi connectivity index (χ2v) is 8.35. The Morgan fingerprint density at radius 1 is 0.867 bits per heavy atom. The minimum absolute atomic E-state index is 0.231. The van der Waals surface area contributed by atoms with Crippen molar-refractivity contribution in [3.63, 3.8) is 0 Å². The van der Waals surface area contributed by atoms with Crippen molar-refractivity contribution >= 4 is 28.1 Å². The number of rotatable bonds is 5. The summed E-state index contributed by atoms with van der Waals surface area (Å²) in [5.74, 6) is 0.231. The number of carbonyl (C=O) groups is 1. The third-order valence-electron chi connectivity index (χ3n) is 6.59. The second kappa shape index (κ2) is 8.11. The molecule has 0 radical (unpaired) electrons. The quantitative estimate of drug-likeness (QED) is 0.646. The van der Waals surface area contributed by atoms with E-state index >= 15 is 0 Å². The van der Waals surface area contributed by atoms with Gasteiger partial charge in [0.15, 0.2) is 0 Å². The molecule has 0 aromatic heterocycles. The SMILES string of the molecule is CCN1C(=O)Cc2cc(CCN3CCN(c4cccc5ccccc45)CC3)ccc21. The van der Waals surface area contributed by atoms with Crippen LogP contribution in [0.3, 0.4) is 0 Å². The van der Waals surface area contributed by atoms with Gasteiger partial charge in [0.2, 0.25) is 5.91 Å². The Morgan fingerprint density at radius 2 is 1.67 bits per heavy atom. The molecule has 3 aromatic carbocycles. The first-order valence-electron chi connectivity index (χ1n) is 11.1. The first-order valence-corrected chi connectivity index (χ1v) is 11.1. The van der Waals surface area contributed by atoms with Crippen LogP contribution in [0.2, 0.25) is 0 Å². The number of amides is 1. The van der Waals surface area contributed by atoms with Crippen molar-refractivity contribution in [1.29, 1.82) is 0 Å². The lowest BCUT2D eigenvalue weighted by atomic mass is 10.1. The maximum absolute atomic E-state index is 12.1. The van der Waals surface area contributed by atoms with E-state index in [2.05, 4.69) is 70.5 Å². The Labute approximate surface area is 178 Å². The normalized spacial score (nSPS) is 17.0. The lowest BCUT2D eigenvalue weighted by molar-refractivity contribution is -0.117. The molecule has 0 spiro atoms. The van der Waals surface area contributed by atoms with E-state index in [4.69, 9.17) is 0 Å². The fourth-order valence-electron chi connectivity index (χ4n) is 4.92. The van der Waals surface area contributed by atoms with E-state index in [1.54, 1.807) is 0 Å². The third-order valence-corrected chi connectivity index (χ3v) is 6.59. The predicted octanol–water partition coefficient (Wildman–Crippen LogP) is 4.11. The molecular formula is C26H29N3O. The number of anilines is 2. The molecule has 4 heteroatoms. The van der Waals surface area contributed by atoms with Gasteiger partial charge in [-0.05, 0) is 42.0 Å². The van der Waals surface area contributed by atoms with Crippen LogP contribution in [0.25, 0.3) is 10.8 Å². The third kappa shape index (κ3) is 3.56. The molecule has 3 aromatic rings. The Hall–Kier alpha value is -2.85. The molecule has 1 amide bonds. The van der Waals surface area contributed by atoms with Gasteiger partial charge in [0.05, 0.1) is 6.42 Å². The van der Waals surface area contributed by atoms with Crippen LogP contribution in [0.1, 0.15) is 18.1 Å². The monoisotopic (exact) mass is 399 g/mol. The summed E-state index contributed by atoms with van der Waals surface area (Å²) >= 11 is 0. The molecule has 2 aliphatic rings. The van der Waals surface area contributed by atoms with E-state index in [-0.39, 0.29) is 5.91 Å². The highest BCUT2D eigenvalue weighted by atomic mass is 16.2. The van der Waals surface area contributed by atoms with Gasteiger partial charge in [-0.2, -0.15) is 0 Å². The minimum atomic E-state index is 0.231. The second-order valence-electron chi connectivity index (χ2n) is 8.35. The van der Waals surface area contributed by atoms with Crippen LogP contribution >= 0.6 is 0 Å². The number of hydrogen-bond acceptors (Lipinski definition) is 3. The lowest BCUT2D eigenvalue weighted by Crippen LogP contribution is -2.47. The number of likely N-dealkylation sites (N-methyl/N-ethyl adjacent to an activating group) is 1. The van der Waals surface area contributed by atoms with Crippen molar-refractivity contribution in [2.45, 2.75) is 19.8 Å². The number of hydrogen-bond donors (Lipinski definition) is 0. The molecule has 2 heterocycles. The molecule has 0 N–H and O–H groups in total. The maximum atomic E-state index is 12.1. The number of benzene rings is 3. The van der Waals surface area contributed by atoms with Crippen molar-refractivity contribution < 1.29 is 4.79 Å². The van der Waals surface area contributed by atoms with Gasteiger partial charge in [0.1, 0.15) is 0 Å². The van der Waals surface area contributed by atoms with E-state index in [9.17, 15) is 4.79 Å². The summed E-state index contributed by atoms with van der Waals surface area (Å²) in [6.07, 6.45) is 1.60. The summed E-state index contributed by atoms with van der Waals surface area (Å²) in [4.78, 5) is 19.1. The van der Waals surface area contributed by atoms with Crippen molar-refractivity contribution in [2.24, 2.45) is 0 Å². The fourth-order valence-corrected chi connectivity index (χ4v) is 4.92. The molecule has 4 nitrogen and oxygen atoms in total. The largest absolute Gasteiger partial charge is 0.368 e. The molecular weight excluding hydrogens is 370 g/mol. The van der Waals surface area contributed by atoms with E-state index in [0.29, 0.717) is 6.42 Å². The van der Waals surface area contributed by atoms with E-state index < -0.39 is 0 Å². The van der Waals surface area contributed by atoms with E-state index in [1.165, 1.54) is 27.6 Å². The highest BCUT2D eigenvalue weighted by Gasteiger charge is 2.26. The van der Waals surface area contributed by atoms with E-state index in [0.717, 1.165) is 51.4 Å². The summed E-state index contributed by atoms with van der Waals surface area (Å²) in [6.45, 7) is 8.20. The molecule has 0 bridgehead atoms. The molecule has 0 saturated carbocycles. The van der Waals surface area contributed by atoms with Gasteiger partial charge < -0.3 is 9.80 Å². The zero-order valence-electron chi connectivity index (χ0n) is 17.7. The maximum Gasteiger partial charge on any atom is 0.231 e. The molecule has 5 rings (SSSR count). The van der Waals surface area contributed by atoms with Gasteiger partial charge in [0, 0.05) is 56.0 Å². The first kappa shape index (κ1) is 19.1. The first-order chi connectivity index (χ1) is 14.7. The standard InChI is InChI=1S/C26H29N3O/c1-2-29-24-11-10-20(18-22(24)19-26(29)30)12-13-27-14-16-28(17-15-27)25-9-5-7-21-6-3-4-8-23(21)25/h3-11,18H,2,12-17,19H2,1H3. The van der Waals surface area contributed by atoms with Gasteiger partial charge in [0.25, 0.3) is 0 Å². The van der Waals surface area contributed by atoms with Crippen molar-refractivity contribution in [1.82, 2.24) is 4.90 Å². The van der Waals surface area contributed by atoms with Gasteiger partial charge in [-0.1, -0.05) is 48.5 Å². The predicted molar refractivity (Wildman–Crippen MR) is 124 cm³/mol. The Bertz CT molecular complexity index is 1060. The lowest BCUT2D eigenvalue weighted by Gasteiger charge is -2.36. The summed E-state index contributed by atoms with van der Waals surface area (Å²) in [5, 5.41) is 2.66. The van der Waals surface area contributed by atoms with Gasteiger partial charge >= 0.3 is 0 Å². The minimum Gasteiger partial charge on any atom is -0.368 e. The fraction of sp³-hybridized carbons (Fsp3) is 0.346. The van der Waals surface area contributed by atoms with Crippen molar-refractivity contribution in [3.05, 3.63) is 71.8 Å². The molecule has 1 saturated heterocycles. The topological polar surface area (TPSA) is 26.8 Å². The summed E-state index contributed by atoms with van der Waals surface area (Å²) in [7, 11) is 0. The molecule has 154 valence electrons. The van der Waals surface area contributed by atoms with Crippen molar-refractivity contribution in [2.75, 3.05) is 49.1 Å². The van der Waals surface area contributed by atoms with Crippen LogP contribution < -0.4 is 9.80 Å². The number of nitrogens with zero attached hydrogens (tertiary/aromatic N) is 3. The average molecular weight is 400 g/mol. The van der Waals surface area contributed by atoms with Gasteiger partial charge in [-0.3, -0.25) is 9.69 Å². The van der Waals surface area contributed by atoms with Crippen LogP contribution in [-0.4, -0.2) is 50.1 Å². The molecule has 1 fully saturated rings. The highest BCUT2D eigenvalue weighted by Crippen LogP contribution is 2.30. The summed E-state index contributed by atoms with van der Waals surface area (Å²) in [5.41, 5.74) is 5.00. The Balaban J connectivity index is 1.19. The van der Waals surface area contributed by atoms with Crippen LogP contribution in [0, 0.1) is 0 Å². The molecule has 0 unspecified atom stereocenters. The van der Waals surface area contributed by atoms with Gasteiger partial charge in [-0.25, -0.2) is 0 Å². The van der Waals surface area contributed by atoms with Crippen molar-refractivity contribution in [3.8, 4) is 0 Å². The molecule has 2 aliphatic heterocycles. The van der Waals surface area contributed by atoms with E-state index in [1.807, 2.05) is 11.8 Å². The zero-order valence-corrected chi connectivity index (χ0v) is 17.7. The average Bonchev–Trinajstić information content (AvgIpc) is 3.11. The van der Waals surface area contributed by atoms with Crippen LogP contribution in [-0.2, 0) is 17.6 Å². The van der Waals surface area contributed by atoms with Crippen LogP contribution in [0.4, 0.5) is 11.4 Å². The smallest absolute Gasteiger partial charge is 0.231 e. The molecule has 0 atom stereocenters. The summed E-state index contributed by atoms with van der Waals surface area (Å²) in [6, 6.07) is 21.9. The van der Waals surface area contributed by atoms with Crippen LogP contribution in [0.15, 0.2) is 60.7 Å². The Morgan fingerprint density at radius 3 is 2.50 bits per heavy atom. The Kier molecular flexibility index (Phi) is 5.17. The molecule has 0 aliphatic carbocycles. The number of piperazine rings is 1. The molecule has 30 heavy (non-hydrogen) atoms. The summed E-state index contributed by atoms with van der Waals surface area (Å²) < 4.78 is 0. The number of carbonyl (C=O) groups excluding carboxylic acids is 1. The highest BCUT2D eigenvalue weighted by molar-refractivity contribution is 6.01. The number of fused-ring (bicyclic) bond motifs is 2. The zero-order chi connectivity index (χ0) is 20.5. The van der Waals surface area contributed by atoms with Gasteiger partial charge in [-0.15, -0.1) is 0 Å².